The molecule has 0 aliphatic carbocycles. The van der Waals surface area contributed by atoms with Gasteiger partial charge in [-0.15, -0.1) is 0 Å². The second-order valence-electron chi connectivity index (χ2n) is 6.60. The number of hydrogen-bond acceptors (Lipinski definition) is 5. The first kappa shape index (κ1) is 18.8. The molecule has 0 N–H and O–H groups in total. The van der Waals surface area contributed by atoms with Gasteiger partial charge in [0.25, 0.3) is 5.56 Å². The van der Waals surface area contributed by atoms with Gasteiger partial charge in [-0.2, -0.15) is 0 Å². The minimum Gasteiger partial charge on any atom is -0.342 e. The highest BCUT2D eigenvalue weighted by Crippen LogP contribution is 2.21. The second kappa shape index (κ2) is 7.69. The zero-order valence-electron chi connectivity index (χ0n) is 15.5. The summed E-state index contributed by atoms with van der Waals surface area (Å²) in [6.45, 7) is 3.71. The van der Waals surface area contributed by atoms with Gasteiger partial charge >= 0.3 is 5.69 Å². The standard InChI is InChI=1S/C17H25N5O3S/c1-4-22-15(24)13-14(20(3)17(22)25)18-16(19(13)2)26-11-12(23)21-9-7-5-6-8-10-21/h4-11H2,1-3H3. The number of fused-ring (bicyclic) bond motifs is 1. The quantitative estimate of drug-likeness (QED) is 0.739. The molecule has 0 saturated carbocycles. The van der Waals surface area contributed by atoms with Crippen molar-refractivity contribution in [3.63, 3.8) is 0 Å². The number of carbonyl (C=O) groups excluding carboxylic acids is 1. The minimum absolute atomic E-state index is 0.101. The van der Waals surface area contributed by atoms with Crippen molar-refractivity contribution in [3.8, 4) is 0 Å². The summed E-state index contributed by atoms with van der Waals surface area (Å²) in [6.07, 6.45) is 4.47. The van der Waals surface area contributed by atoms with Crippen LogP contribution in [0, 0.1) is 0 Å². The molecule has 1 aliphatic heterocycles. The Kier molecular flexibility index (Phi) is 5.55. The lowest BCUT2D eigenvalue weighted by Crippen LogP contribution is -2.39. The van der Waals surface area contributed by atoms with Crippen LogP contribution in [0.1, 0.15) is 32.6 Å². The summed E-state index contributed by atoms with van der Waals surface area (Å²) in [7, 11) is 3.36. The van der Waals surface area contributed by atoms with Crippen LogP contribution >= 0.6 is 11.8 Å². The Labute approximate surface area is 155 Å². The van der Waals surface area contributed by atoms with E-state index in [9.17, 15) is 14.4 Å². The number of amides is 1. The summed E-state index contributed by atoms with van der Waals surface area (Å²) in [5.41, 5.74) is 0.0298. The largest absolute Gasteiger partial charge is 0.342 e. The maximum Gasteiger partial charge on any atom is 0.332 e. The Hall–Kier alpha value is -2.03. The third kappa shape index (κ3) is 3.32. The molecular formula is C17H25N5O3S. The Morgan fingerprint density at radius 1 is 1.08 bits per heavy atom. The van der Waals surface area contributed by atoms with E-state index >= 15 is 0 Å². The van der Waals surface area contributed by atoms with Crippen LogP contribution in [-0.2, 0) is 25.4 Å². The minimum atomic E-state index is -0.375. The zero-order chi connectivity index (χ0) is 18.8. The number of rotatable bonds is 4. The van der Waals surface area contributed by atoms with Crippen molar-refractivity contribution in [2.75, 3.05) is 18.8 Å². The topological polar surface area (TPSA) is 82.1 Å². The van der Waals surface area contributed by atoms with E-state index < -0.39 is 0 Å². The highest BCUT2D eigenvalue weighted by Gasteiger charge is 2.20. The van der Waals surface area contributed by atoms with Crippen molar-refractivity contribution in [1.29, 1.82) is 0 Å². The van der Waals surface area contributed by atoms with Crippen molar-refractivity contribution in [2.45, 2.75) is 44.3 Å². The zero-order valence-corrected chi connectivity index (χ0v) is 16.3. The number of aryl methyl sites for hydroxylation is 2. The molecule has 0 unspecified atom stereocenters. The average Bonchev–Trinajstić information content (AvgIpc) is 2.80. The Balaban J connectivity index is 1.87. The average molecular weight is 379 g/mol. The predicted molar refractivity (Wildman–Crippen MR) is 102 cm³/mol. The number of carbonyl (C=O) groups is 1. The number of nitrogens with zero attached hydrogens (tertiary/aromatic N) is 5. The molecule has 1 aliphatic rings. The normalized spacial score (nSPS) is 15.4. The molecule has 1 fully saturated rings. The van der Waals surface area contributed by atoms with Gasteiger partial charge < -0.3 is 9.47 Å². The molecule has 0 bridgehead atoms. The summed E-state index contributed by atoms with van der Waals surface area (Å²) >= 11 is 1.32. The van der Waals surface area contributed by atoms with Crippen LogP contribution in [0.2, 0.25) is 0 Å². The molecule has 0 spiro atoms. The highest BCUT2D eigenvalue weighted by atomic mass is 32.2. The number of thioether (sulfide) groups is 1. The fourth-order valence-corrected chi connectivity index (χ4v) is 4.24. The van der Waals surface area contributed by atoms with Crippen LogP contribution in [-0.4, -0.2) is 48.3 Å². The molecule has 142 valence electrons. The summed E-state index contributed by atoms with van der Waals surface area (Å²) in [5, 5.41) is 0.573. The molecule has 2 aromatic heterocycles. The number of imidazole rings is 1. The van der Waals surface area contributed by atoms with Gasteiger partial charge in [-0.3, -0.25) is 18.7 Å². The van der Waals surface area contributed by atoms with Gasteiger partial charge in [-0.1, -0.05) is 24.6 Å². The molecule has 9 heteroatoms. The monoisotopic (exact) mass is 379 g/mol. The van der Waals surface area contributed by atoms with Crippen LogP contribution in [0.4, 0.5) is 0 Å². The lowest BCUT2D eigenvalue weighted by atomic mass is 10.2. The molecule has 0 atom stereocenters. The third-order valence-electron chi connectivity index (χ3n) is 4.92. The fraction of sp³-hybridized carbons (Fsp3) is 0.647. The van der Waals surface area contributed by atoms with E-state index in [2.05, 4.69) is 4.98 Å². The molecule has 0 radical (unpaired) electrons. The van der Waals surface area contributed by atoms with E-state index in [1.807, 2.05) is 4.90 Å². The number of likely N-dealkylation sites (tertiary alicyclic amines) is 1. The second-order valence-corrected chi connectivity index (χ2v) is 7.54. The lowest BCUT2D eigenvalue weighted by Gasteiger charge is -2.19. The first-order valence-corrected chi connectivity index (χ1v) is 10.0. The van der Waals surface area contributed by atoms with Gasteiger partial charge in [0.15, 0.2) is 16.3 Å². The van der Waals surface area contributed by atoms with E-state index in [4.69, 9.17) is 0 Å². The van der Waals surface area contributed by atoms with Gasteiger partial charge in [0.05, 0.1) is 5.75 Å². The molecule has 1 amide bonds. The van der Waals surface area contributed by atoms with Gasteiger partial charge in [-0.05, 0) is 19.8 Å². The SMILES string of the molecule is CCn1c(=O)c2c(nc(SCC(=O)N3CCCCCC3)n2C)n(C)c1=O. The Morgan fingerprint density at radius 3 is 2.35 bits per heavy atom. The fourth-order valence-electron chi connectivity index (χ4n) is 3.37. The van der Waals surface area contributed by atoms with E-state index in [0.29, 0.717) is 22.9 Å². The van der Waals surface area contributed by atoms with E-state index in [0.717, 1.165) is 25.9 Å². The molecule has 8 nitrogen and oxygen atoms in total. The van der Waals surface area contributed by atoms with Gasteiger partial charge in [0, 0.05) is 33.7 Å². The van der Waals surface area contributed by atoms with Crippen LogP contribution < -0.4 is 11.2 Å². The van der Waals surface area contributed by atoms with Crippen molar-refractivity contribution < 1.29 is 4.79 Å². The van der Waals surface area contributed by atoms with Gasteiger partial charge in [0.2, 0.25) is 5.91 Å². The molecular weight excluding hydrogens is 354 g/mol. The highest BCUT2D eigenvalue weighted by molar-refractivity contribution is 7.99. The first-order chi connectivity index (χ1) is 12.5. The molecule has 3 rings (SSSR count). The van der Waals surface area contributed by atoms with Crippen molar-refractivity contribution in [1.82, 2.24) is 23.6 Å². The van der Waals surface area contributed by atoms with E-state index in [-0.39, 0.29) is 22.9 Å². The van der Waals surface area contributed by atoms with Crippen molar-refractivity contribution >= 4 is 28.8 Å². The van der Waals surface area contributed by atoms with Crippen molar-refractivity contribution in [2.24, 2.45) is 14.1 Å². The summed E-state index contributed by atoms with van der Waals surface area (Å²) in [4.78, 5) is 43.7. The maximum atomic E-state index is 12.6. The number of hydrogen-bond donors (Lipinski definition) is 0. The van der Waals surface area contributed by atoms with Crippen LogP contribution in [0.25, 0.3) is 11.2 Å². The predicted octanol–water partition coefficient (Wildman–Crippen LogP) is 0.948. The first-order valence-electron chi connectivity index (χ1n) is 9.02. The van der Waals surface area contributed by atoms with Crippen LogP contribution in [0.3, 0.4) is 0 Å². The van der Waals surface area contributed by atoms with E-state index in [1.165, 1.54) is 33.7 Å². The van der Waals surface area contributed by atoms with Crippen LogP contribution in [0.15, 0.2) is 14.7 Å². The summed E-state index contributed by atoms with van der Waals surface area (Å²) < 4.78 is 4.27. The maximum absolute atomic E-state index is 12.6. The molecule has 2 aromatic rings. The molecule has 0 aromatic carbocycles. The smallest absolute Gasteiger partial charge is 0.332 e. The summed E-state index contributed by atoms with van der Waals surface area (Å²) in [5.74, 6) is 0.386. The summed E-state index contributed by atoms with van der Waals surface area (Å²) in [6, 6.07) is 0. The lowest BCUT2D eigenvalue weighted by molar-refractivity contribution is -0.128. The van der Waals surface area contributed by atoms with Crippen molar-refractivity contribution in [3.05, 3.63) is 20.8 Å². The Bertz CT molecular complexity index is 934. The molecule has 26 heavy (non-hydrogen) atoms. The molecule has 3 heterocycles. The van der Waals surface area contributed by atoms with Gasteiger partial charge in [-0.25, -0.2) is 9.78 Å². The number of aromatic nitrogens is 4. The van der Waals surface area contributed by atoms with E-state index in [1.54, 1.807) is 25.6 Å². The van der Waals surface area contributed by atoms with Gasteiger partial charge in [0.1, 0.15) is 0 Å². The van der Waals surface area contributed by atoms with Crippen LogP contribution in [0.5, 0.6) is 0 Å². The third-order valence-corrected chi connectivity index (χ3v) is 5.93. The Morgan fingerprint density at radius 2 is 1.73 bits per heavy atom. The molecule has 1 saturated heterocycles.